The van der Waals surface area contributed by atoms with E-state index < -0.39 is 6.43 Å². The number of benzene rings is 1. The fraction of sp³-hybridized carbons (Fsp3) is 0.593. The molecule has 38 heavy (non-hydrogen) atoms. The fourth-order valence-corrected chi connectivity index (χ4v) is 6.00. The summed E-state index contributed by atoms with van der Waals surface area (Å²) in [6, 6.07) is 9.45. The van der Waals surface area contributed by atoms with Crippen molar-refractivity contribution in [2.75, 3.05) is 56.3 Å². The van der Waals surface area contributed by atoms with Gasteiger partial charge in [0.25, 0.3) is 6.43 Å². The summed E-state index contributed by atoms with van der Waals surface area (Å²) in [5.41, 5.74) is 1.08. The monoisotopic (exact) mass is 529 g/mol. The summed E-state index contributed by atoms with van der Waals surface area (Å²) in [6.07, 6.45) is 2.52. The topological polar surface area (TPSA) is 71.3 Å². The van der Waals surface area contributed by atoms with Gasteiger partial charge in [-0.2, -0.15) is 9.97 Å². The number of fused-ring (bicyclic) bond motifs is 1. The van der Waals surface area contributed by atoms with Gasteiger partial charge in [0.15, 0.2) is 5.82 Å². The molecule has 4 heterocycles. The Morgan fingerprint density at radius 1 is 0.974 bits per heavy atom. The molecule has 204 valence electrons. The van der Waals surface area contributed by atoms with Gasteiger partial charge in [-0.25, -0.2) is 18.2 Å². The summed E-state index contributed by atoms with van der Waals surface area (Å²) >= 11 is 0. The number of rotatable bonds is 8. The summed E-state index contributed by atoms with van der Waals surface area (Å²) in [4.78, 5) is 18.1. The number of para-hydroxylation sites is 2. The molecule has 0 radical (unpaired) electrons. The molecule has 1 saturated carbocycles. The minimum Gasteiger partial charge on any atom is -0.378 e. The normalized spacial score (nSPS) is 24.6. The van der Waals surface area contributed by atoms with Crippen molar-refractivity contribution in [1.29, 1.82) is 0 Å². The quantitative estimate of drug-likeness (QED) is 0.457. The highest BCUT2D eigenvalue weighted by atomic mass is 19.3. The van der Waals surface area contributed by atoms with Gasteiger partial charge in [-0.05, 0) is 50.2 Å². The molecule has 2 aliphatic heterocycles. The SMILES string of the molecule is FC[C@@H]1CCN1[C@H]1CC[C@@H](CNc2cc(-n3c(C(F)F)nc4ccccc43)nc(N3CCOCC3)n2)CC1. The first kappa shape index (κ1) is 25.4. The van der Waals surface area contributed by atoms with Crippen molar-refractivity contribution in [2.45, 2.75) is 50.6 Å². The van der Waals surface area contributed by atoms with E-state index in [-0.39, 0.29) is 18.5 Å². The van der Waals surface area contributed by atoms with Gasteiger partial charge in [0.05, 0.1) is 24.2 Å². The van der Waals surface area contributed by atoms with Crippen molar-refractivity contribution < 1.29 is 17.9 Å². The van der Waals surface area contributed by atoms with Crippen LogP contribution in [-0.2, 0) is 4.74 Å². The van der Waals surface area contributed by atoms with Crippen LogP contribution in [0, 0.1) is 5.92 Å². The van der Waals surface area contributed by atoms with E-state index in [9.17, 15) is 13.2 Å². The standard InChI is InChI=1S/C27H34F3N7O/c28-16-20-9-10-36(20)19-7-5-18(6-8-19)17-31-23-15-24(34-27(33-23)35-11-13-38-14-12-35)37-22-4-2-1-3-21(22)32-26(37)25(29)30/h1-4,15,18-20,25H,5-14,16-17H2,(H,31,33,34)/t18-,19+,20-/m0/s1. The van der Waals surface area contributed by atoms with Crippen molar-refractivity contribution in [3.63, 3.8) is 0 Å². The summed E-state index contributed by atoms with van der Waals surface area (Å²) in [5.74, 6) is 1.61. The summed E-state index contributed by atoms with van der Waals surface area (Å²) < 4.78 is 48.2. The van der Waals surface area contributed by atoms with Crippen molar-refractivity contribution in [3.8, 4) is 5.82 Å². The van der Waals surface area contributed by atoms with Crippen LogP contribution in [0.15, 0.2) is 30.3 Å². The molecule has 0 amide bonds. The van der Waals surface area contributed by atoms with Crippen LogP contribution in [0.5, 0.6) is 0 Å². The average molecular weight is 530 g/mol. The molecule has 3 fully saturated rings. The first-order valence-corrected chi connectivity index (χ1v) is 13.6. The lowest BCUT2D eigenvalue weighted by Gasteiger charge is -2.47. The number of anilines is 2. The van der Waals surface area contributed by atoms with Gasteiger partial charge in [-0.15, -0.1) is 0 Å². The first-order chi connectivity index (χ1) is 18.6. The van der Waals surface area contributed by atoms with E-state index in [1.165, 1.54) is 4.57 Å². The average Bonchev–Trinajstić information content (AvgIpc) is 3.33. The first-order valence-electron chi connectivity index (χ1n) is 13.6. The van der Waals surface area contributed by atoms with Crippen LogP contribution in [-0.4, -0.2) is 82.6 Å². The predicted molar refractivity (Wildman–Crippen MR) is 140 cm³/mol. The Balaban J connectivity index is 1.24. The molecule has 0 unspecified atom stereocenters. The largest absolute Gasteiger partial charge is 0.378 e. The summed E-state index contributed by atoms with van der Waals surface area (Å²) in [5, 5.41) is 3.48. The minimum absolute atomic E-state index is 0.116. The van der Waals surface area contributed by atoms with Crippen molar-refractivity contribution in [3.05, 3.63) is 36.2 Å². The molecule has 0 bridgehead atoms. The van der Waals surface area contributed by atoms with E-state index in [1.54, 1.807) is 24.3 Å². The van der Waals surface area contributed by atoms with Crippen LogP contribution < -0.4 is 10.2 Å². The van der Waals surface area contributed by atoms with Crippen molar-refractivity contribution in [2.24, 2.45) is 5.92 Å². The minimum atomic E-state index is -2.75. The molecule has 1 aromatic carbocycles. The zero-order chi connectivity index (χ0) is 26.1. The van der Waals surface area contributed by atoms with Gasteiger partial charge in [0, 0.05) is 44.3 Å². The van der Waals surface area contributed by atoms with Gasteiger partial charge < -0.3 is 15.0 Å². The number of halogens is 3. The molecule has 11 heteroatoms. The zero-order valence-electron chi connectivity index (χ0n) is 21.4. The second kappa shape index (κ2) is 11.1. The van der Waals surface area contributed by atoms with E-state index in [0.717, 1.165) is 45.2 Å². The predicted octanol–water partition coefficient (Wildman–Crippen LogP) is 4.60. The Hall–Kier alpha value is -2.92. The van der Waals surface area contributed by atoms with Gasteiger partial charge in [-0.3, -0.25) is 9.47 Å². The number of likely N-dealkylation sites (tertiary alicyclic amines) is 1. The number of alkyl halides is 3. The lowest BCUT2D eigenvalue weighted by Crippen LogP contribution is -2.55. The molecule has 2 saturated heterocycles. The molecule has 1 N–H and O–H groups in total. The maximum absolute atomic E-state index is 14.1. The van der Waals surface area contributed by atoms with Gasteiger partial charge in [-0.1, -0.05) is 12.1 Å². The Labute approximate surface area is 220 Å². The molecule has 3 aliphatic rings. The van der Waals surface area contributed by atoms with Gasteiger partial charge in [0.1, 0.15) is 18.3 Å². The molecule has 3 aromatic rings. The van der Waals surface area contributed by atoms with Gasteiger partial charge in [0.2, 0.25) is 5.95 Å². The molecular formula is C27H34F3N7O. The maximum Gasteiger partial charge on any atom is 0.296 e. The van der Waals surface area contributed by atoms with Crippen molar-refractivity contribution >= 4 is 22.8 Å². The third-order valence-electron chi connectivity index (χ3n) is 8.23. The number of aromatic nitrogens is 4. The third kappa shape index (κ3) is 5.05. The van der Waals surface area contributed by atoms with E-state index >= 15 is 0 Å². The highest BCUT2D eigenvalue weighted by molar-refractivity contribution is 5.78. The van der Waals surface area contributed by atoms with E-state index in [1.807, 2.05) is 11.0 Å². The number of morpholine rings is 1. The molecule has 1 aliphatic carbocycles. The molecule has 0 spiro atoms. The number of ether oxygens (including phenoxy) is 1. The second-order valence-corrected chi connectivity index (χ2v) is 10.5. The second-order valence-electron chi connectivity index (χ2n) is 10.5. The molecule has 2 aromatic heterocycles. The summed E-state index contributed by atoms with van der Waals surface area (Å²) in [6.45, 7) is 3.91. The molecule has 1 atom stereocenters. The Morgan fingerprint density at radius 2 is 1.76 bits per heavy atom. The van der Waals surface area contributed by atoms with E-state index in [2.05, 4.69) is 15.2 Å². The number of hydrogen-bond acceptors (Lipinski definition) is 7. The smallest absolute Gasteiger partial charge is 0.296 e. The zero-order valence-corrected chi connectivity index (χ0v) is 21.4. The highest BCUT2D eigenvalue weighted by Gasteiger charge is 2.35. The van der Waals surface area contributed by atoms with Crippen LogP contribution in [0.2, 0.25) is 0 Å². The van der Waals surface area contributed by atoms with Crippen LogP contribution in [0.3, 0.4) is 0 Å². The van der Waals surface area contributed by atoms with E-state index in [4.69, 9.17) is 14.7 Å². The Bertz CT molecular complexity index is 1240. The number of nitrogens with zero attached hydrogens (tertiary/aromatic N) is 6. The Morgan fingerprint density at radius 3 is 2.47 bits per heavy atom. The lowest BCUT2D eigenvalue weighted by atomic mass is 9.83. The highest BCUT2D eigenvalue weighted by Crippen LogP contribution is 2.33. The molecular weight excluding hydrogens is 495 g/mol. The summed E-state index contributed by atoms with van der Waals surface area (Å²) in [7, 11) is 0. The van der Waals surface area contributed by atoms with Crippen LogP contribution in [0.1, 0.15) is 44.4 Å². The third-order valence-corrected chi connectivity index (χ3v) is 8.23. The number of hydrogen-bond donors (Lipinski definition) is 1. The van der Waals surface area contributed by atoms with Crippen LogP contribution >= 0.6 is 0 Å². The maximum atomic E-state index is 14.1. The lowest BCUT2D eigenvalue weighted by molar-refractivity contribution is 0.00532. The van der Waals surface area contributed by atoms with E-state index in [0.29, 0.717) is 66.9 Å². The number of nitrogens with one attached hydrogen (secondary N) is 1. The molecule has 8 nitrogen and oxygen atoms in total. The Kier molecular flexibility index (Phi) is 7.38. The molecule has 6 rings (SSSR count). The van der Waals surface area contributed by atoms with Crippen LogP contribution in [0.25, 0.3) is 16.9 Å². The fourth-order valence-electron chi connectivity index (χ4n) is 6.00. The van der Waals surface area contributed by atoms with Crippen LogP contribution in [0.4, 0.5) is 24.9 Å². The van der Waals surface area contributed by atoms with Gasteiger partial charge >= 0.3 is 0 Å². The number of imidazole rings is 1. The van der Waals surface area contributed by atoms with Crippen molar-refractivity contribution in [1.82, 2.24) is 24.4 Å².